The summed E-state index contributed by atoms with van der Waals surface area (Å²) in [4.78, 5) is 27.4. The van der Waals surface area contributed by atoms with E-state index in [2.05, 4.69) is 5.32 Å². The van der Waals surface area contributed by atoms with Crippen LogP contribution in [-0.2, 0) is 22.5 Å². The third kappa shape index (κ3) is 4.84. The number of carbonyl (C=O) groups is 2. The number of aromatic hydroxyl groups is 1. The number of hydrogen-bond acceptors (Lipinski definition) is 5. The summed E-state index contributed by atoms with van der Waals surface area (Å²) in [5, 5.41) is 12.9. The number of anilines is 1. The number of fused-ring (bicyclic) bond motifs is 1. The molecule has 160 valence electrons. The van der Waals surface area contributed by atoms with E-state index in [1.165, 1.54) is 4.90 Å². The molecule has 0 saturated heterocycles. The highest BCUT2D eigenvalue weighted by Crippen LogP contribution is 2.31. The molecule has 0 fully saturated rings. The summed E-state index contributed by atoms with van der Waals surface area (Å²) in [5.74, 6) is 0.548. The Morgan fingerprint density at radius 2 is 1.80 bits per heavy atom. The molecule has 0 spiro atoms. The lowest BCUT2D eigenvalue weighted by Gasteiger charge is -2.37. The van der Waals surface area contributed by atoms with Crippen LogP contribution in [0.4, 0.5) is 10.5 Å². The van der Waals surface area contributed by atoms with Gasteiger partial charge < -0.3 is 19.9 Å². The predicted octanol–water partition coefficient (Wildman–Crippen LogP) is 4.01. The number of benzene rings is 2. The maximum Gasteiger partial charge on any atom is 0.411 e. The van der Waals surface area contributed by atoms with E-state index in [0.29, 0.717) is 17.9 Å². The molecule has 0 saturated carbocycles. The van der Waals surface area contributed by atoms with Crippen molar-refractivity contribution in [2.45, 2.75) is 52.3 Å². The zero-order chi connectivity index (χ0) is 22.1. The van der Waals surface area contributed by atoms with Crippen LogP contribution in [0.1, 0.15) is 37.5 Å². The van der Waals surface area contributed by atoms with Crippen LogP contribution in [0.3, 0.4) is 0 Å². The molecule has 1 heterocycles. The van der Waals surface area contributed by atoms with Crippen molar-refractivity contribution in [3.8, 4) is 11.5 Å². The maximum absolute atomic E-state index is 13.1. The molecule has 0 aliphatic carbocycles. The molecule has 3 rings (SSSR count). The molecule has 2 N–H and O–H groups in total. The fourth-order valence-electron chi connectivity index (χ4n) is 3.40. The van der Waals surface area contributed by atoms with Gasteiger partial charge in [-0.3, -0.25) is 9.69 Å². The van der Waals surface area contributed by atoms with Crippen LogP contribution in [0, 0.1) is 6.92 Å². The van der Waals surface area contributed by atoms with E-state index < -0.39 is 17.7 Å². The van der Waals surface area contributed by atoms with Crippen LogP contribution in [-0.4, -0.2) is 40.8 Å². The Bertz CT molecular complexity index is 947. The summed E-state index contributed by atoms with van der Waals surface area (Å²) in [6.07, 6.45) is -0.236. The van der Waals surface area contributed by atoms with Gasteiger partial charge in [-0.1, -0.05) is 6.07 Å². The van der Waals surface area contributed by atoms with Crippen LogP contribution >= 0.6 is 0 Å². The average molecular weight is 412 g/mol. The normalized spacial score (nSPS) is 15.9. The lowest BCUT2D eigenvalue weighted by Crippen LogP contribution is -2.52. The highest BCUT2D eigenvalue weighted by molar-refractivity contribution is 5.97. The molecule has 0 aromatic heterocycles. The van der Waals surface area contributed by atoms with Crippen molar-refractivity contribution in [1.82, 2.24) is 4.90 Å². The second-order valence-corrected chi connectivity index (χ2v) is 8.45. The number of ether oxygens (including phenoxy) is 2. The van der Waals surface area contributed by atoms with Crippen molar-refractivity contribution in [1.29, 1.82) is 0 Å². The second kappa shape index (κ2) is 8.26. The van der Waals surface area contributed by atoms with E-state index in [0.717, 1.165) is 16.7 Å². The number of rotatable bonds is 3. The predicted molar refractivity (Wildman–Crippen MR) is 114 cm³/mol. The Hall–Kier alpha value is -3.22. The summed E-state index contributed by atoms with van der Waals surface area (Å²) < 4.78 is 10.7. The first-order valence-corrected chi connectivity index (χ1v) is 9.83. The third-order valence-electron chi connectivity index (χ3n) is 4.94. The van der Waals surface area contributed by atoms with Gasteiger partial charge in [-0.25, -0.2) is 4.79 Å². The summed E-state index contributed by atoms with van der Waals surface area (Å²) in [7, 11) is 1.57. The van der Waals surface area contributed by atoms with Gasteiger partial charge in [-0.15, -0.1) is 0 Å². The fourth-order valence-corrected chi connectivity index (χ4v) is 3.40. The molecule has 2 aromatic rings. The standard InChI is InChI=1S/C23H28N2O5/c1-14-10-15-11-19(21(27)24-17-6-8-18(29-5)9-7-17)25(13-16(15)12-20(14)26)22(28)30-23(2,3)4/h6-10,12,19,26H,11,13H2,1-5H3,(H,24,27)/t19-/m0/s1. The molecular weight excluding hydrogens is 384 g/mol. The van der Waals surface area contributed by atoms with Crippen LogP contribution in [0.25, 0.3) is 0 Å². The Balaban J connectivity index is 1.89. The number of methoxy groups -OCH3 is 1. The van der Waals surface area contributed by atoms with Gasteiger partial charge >= 0.3 is 6.09 Å². The molecule has 0 bridgehead atoms. The van der Waals surface area contributed by atoms with Crippen LogP contribution in [0.15, 0.2) is 36.4 Å². The van der Waals surface area contributed by atoms with E-state index in [-0.39, 0.29) is 18.2 Å². The van der Waals surface area contributed by atoms with Gasteiger partial charge in [0, 0.05) is 12.1 Å². The van der Waals surface area contributed by atoms with Crippen molar-refractivity contribution in [2.75, 3.05) is 12.4 Å². The minimum atomic E-state index is -0.738. The molecule has 30 heavy (non-hydrogen) atoms. The number of nitrogens with one attached hydrogen (secondary N) is 1. The molecule has 1 aliphatic rings. The number of carbonyl (C=O) groups excluding carboxylic acids is 2. The van der Waals surface area contributed by atoms with Crippen LogP contribution in [0.2, 0.25) is 0 Å². The van der Waals surface area contributed by atoms with Crippen LogP contribution in [0.5, 0.6) is 11.5 Å². The smallest absolute Gasteiger partial charge is 0.411 e. The lowest BCUT2D eigenvalue weighted by atomic mass is 9.92. The summed E-state index contributed by atoms with van der Waals surface area (Å²) in [6, 6.07) is 9.77. The second-order valence-electron chi connectivity index (χ2n) is 8.45. The van der Waals surface area contributed by atoms with E-state index in [9.17, 15) is 14.7 Å². The first-order chi connectivity index (χ1) is 14.1. The minimum Gasteiger partial charge on any atom is -0.508 e. The summed E-state index contributed by atoms with van der Waals surface area (Å²) >= 11 is 0. The Kier molecular flexibility index (Phi) is 5.92. The first-order valence-electron chi connectivity index (χ1n) is 9.83. The lowest BCUT2D eigenvalue weighted by molar-refractivity contribution is -0.121. The third-order valence-corrected chi connectivity index (χ3v) is 4.94. The maximum atomic E-state index is 13.1. The summed E-state index contributed by atoms with van der Waals surface area (Å²) in [5.41, 5.74) is 2.38. The fraction of sp³-hybridized carbons (Fsp3) is 0.391. The molecule has 0 radical (unpaired) electrons. The number of phenolic OH excluding ortho intramolecular Hbond substituents is 1. The molecule has 1 atom stereocenters. The van der Waals surface area contributed by atoms with E-state index in [4.69, 9.17) is 9.47 Å². The molecule has 0 unspecified atom stereocenters. The average Bonchev–Trinajstić information content (AvgIpc) is 2.67. The van der Waals surface area contributed by atoms with Gasteiger partial charge in [0.15, 0.2) is 0 Å². The number of hydrogen-bond donors (Lipinski definition) is 2. The van der Waals surface area contributed by atoms with Gasteiger partial charge in [0.1, 0.15) is 23.1 Å². The van der Waals surface area contributed by atoms with Crippen molar-refractivity contribution in [3.05, 3.63) is 53.1 Å². The van der Waals surface area contributed by atoms with Gasteiger partial charge in [-0.05, 0) is 74.7 Å². The number of amides is 2. The minimum absolute atomic E-state index is 0.166. The zero-order valence-electron chi connectivity index (χ0n) is 18.0. The molecule has 2 amide bonds. The van der Waals surface area contributed by atoms with E-state index >= 15 is 0 Å². The largest absolute Gasteiger partial charge is 0.508 e. The molecule has 2 aromatic carbocycles. The van der Waals surface area contributed by atoms with Crippen molar-refractivity contribution < 1.29 is 24.2 Å². The van der Waals surface area contributed by atoms with Crippen molar-refractivity contribution in [3.63, 3.8) is 0 Å². The van der Waals surface area contributed by atoms with Crippen LogP contribution < -0.4 is 10.1 Å². The first kappa shape index (κ1) is 21.5. The number of phenols is 1. The zero-order valence-corrected chi connectivity index (χ0v) is 18.0. The van der Waals surface area contributed by atoms with Gasteiger partial charge in [0.2, 0.25) is 5.91 Å². The molecule has 1 aliphatic heterocycles. The monoisotopic (exact) mass is 412 g/mol. The highest BCUT2D eigenvalue weighted by atomic mass is 16.6. The summed E-state index contributed by atoms with van der Waals surface area (Å²) in [6.45, 7) is 7.33. The van der Waals surface area contributed by atoms with E-state index in [1.807, 2.05) is 13.0 Å². The van der Waals surface area contributed by atoms with E-state index in [1.54, 1.807) is 58.2 Å². The Labute approximate surface area is 176 Å². The molecule has 7 nitrogen and oxygen atoms in total. The Morgan fingerprint density at radius 1 is 1.13 bits per heavy atom. The highest BCUT2D eigenvalue weighted by Gasteiger charge is 2.37. The van der Waals surface area contributed by atoms with Gasteiger partial charge in [0.05, 0.1) is 13.7 Å². The number of nitrogens with zero attached hydrogens (tertiary/aromatic N) is 1. The van der Waals surface area contributed by atoms with Gasteiger partial charge in [-0.2, -0.15) is 0 Å². The Morgan fingerprint density at radius 3 is 2.40 bits per heavy atom. The molecular formula is C23H28N2O5. The van der Waals surface area contributed by atoms with Gasteiger partial charge in [0.25, 0.3) is 0 Å². The SMILES string of the molecule is COc1ccc(NC(=O)[C@@H]2Cc3cc(C)c(O)cc3CN2C(=O)OC(C)(C)C)cc1. The number of aryl methyl sites for hydroxylation is 1. The topological polar surface area (TPSA) is 88.1 Å². The van der Waals surface area contributed by atoms with Crippen molar-refractivity contribution >= 4 is 17.7 Å². The molecule has 7 heteroatoms. The quantitative estimate of drug-likeness (QED) is 0.795. The van der Waals surface area contributed by atoms with Crippen molar-refractivity contribution in [2.24, 2.45) is 0 Å².